The van der Waals surface area contributed by atoms with E-state index in [4.69, 9.17) is 4.74 Å². The molecule has 9 heteroatoms. The van der Waals surface area contributed by atoms with E-state index in [-0.39, 0.29) is 12.2 Å². The Hall–Kier alpha value is -2.39. The van der Waals surface area contributed by atoms with E-state index in [1.807, 2.05) is 6.07 Å². The van der Waals surface area contributed by atoms with Crippen LogP contribution in [0.2, 0.25) is 6.32 Å². The maximum Gasteiger partial charge on any atom is 0.417 e. The lowest BCUT2D eigenvalue weighted by Crippen LogP contribution is -2.37. The third-order valence-electron chi connectivity index (χ3n) is 5.69. The van der Waals surface area contributed by atoms with E-state index in [9.17, 15) is 23.0 Å². The van der Waals surface area contributed by atoms with Gasteiger partial charge in [0.05, 0.1) is 18.8 Å². The Morgan fingerprint density at radius 1 is 1.23 bits per heavy atom. The van der Waals surface area contributed by atoms with Crippen molar-refractivity contribution in [3.05, 3.63) is 52.7 Å². The molecule has 0 unspecified atom stereocenters. The molecule has 2 aromatic rings. The average molecular weight is 418 g/mol. The second-order valence-electron chi connectivity index (χ2n) is 7.73. The molecule has 0 spiro atoms. The van der Waals surface area contributed by atoms with E-state index < -0.39 is 30.0 Å². The molecule has 158 valence electrons. The number of rotatable bonds is 4. The van der Waals surface area contributed by atoms with Gasteiger partial charge in [0.1, 0.15) is 5.82 Å². The molecule has 0 amide bonds. The molecule has 0 bridgehead atoms. The van der Waals surface area contributed by atoms with E-state index in [0.29, 0.717) is 38.2 Å². The fraction of sp³-hybridized carbons (Fsp3) is 0.429. The summed E-state index contributed by atoms with van der Waals surface area (Å²) in [5, 5.41) is 10.2. The third-order valence-corrected chi connectivity index (χ3v) is 5.69. The second kappa shape index (κ2) is 8.39. The van der Waals surface area contributed by atoms with Crippen LogP contribution in [0.25, 0.3) is 0 Å². The molecular formula is C21H22BF3N2O3. The lowest BCUT2D eigenvalue weighted by atomic mass is 9.53. The standard InChI is InChI=1S/C21H22BF3N2O3/c23-21(24,25)17-12-20(27-6-8-30-9-7-27)26-13-16(17)19(28)11-14-3-4-15-2-1-5-22(29)18(15)10-14/h3-4,10,12-13,29H,1-2,5-9,11H2. The largest absolute Gasteiger partial charge is 0.446 e. The number of nitrogens with zero attached hydrogens (tertiary/aromatic N) is 2. The predicted molar refractivity (Wildman–Crippen MR) is 107 cm³/mol. The minimum Gasteiger partial charge on any atom is -0.446 e. The number of benzene rings is 1. The van der Waals surface area contributed by atoms with Gasteiger partial charge in [0.2, 0.25) is 0 Å². The molecule has 2 aliphatic rings. The number of Topliss-reactive ketones (excluding diaryl/α,β-unsaturated/α-hetero) is 1. The lowest BCUT2D eigenvalue weighted by molar-refractivity contribution is -0.137. The van der Waals surface area contributed by atoms with Crippen LogP contribution in [-0.2, 0) is 23.8 Å². The maximum atomic E-state index is 13.7. The van der Waals surface area contributed by atoms with Gasteiger partial charge in [-0.3, -0.25) is 4.79 Å². The first-order valence-corrected chi connectivity index (χ1v) is 10.1. The number of hydrogen-bond donors (Lipinski definition) is 1. The number of ketones is 1. The Morgan fingerprint density at radius 2 is 2.00 bits per heavy atom. The summed E-state index contributed by atoms with van der Waals surface area (Å²) < 4.78 is 46.4. The van der Waals surface area contributed by atoms with Crippen molar-refractivity contribution in [3.63, 3.8) is 0 Å². The summed E-state index contributed by atoms with van der Waals surface area (Å²) in [6.45, 7) is 1.16. The first-order valence-electron chi connectivity index (χ1n) is 10.1. The third kappa shape index (κ3) is 4.37. The number of carbonyl (C=O) groups excluding carboxylic acids is 1. The molecule has 1 aromatic heterocycles. The van der Waals surface area contributed by atoms with Crippen molar-refractivity contribution < 1.29 is 27.7 Å². The molecule has 2 aliphatic heterocycles. The zero-order valence-corrected chi connectivity index (χ0v) is 16.4. The maximum absolute atomic E-state index is 13.7. The van der Waals surface area contributed by atoms with Gasteiger partial charge in [-0.25, -0.2) is 4.98 Å². The Morgan fingerprint density at radius 3 is 2.73 bits per heavy atom. The zero-order valence-electron chi connectivity index (χ0n) is 16.4. The molecule has 1 N–H and O–H groups in total. The van der Waals surface area contributed by atoms with Crippen molar-refractivity contribution in [2.45, 2.75) is 31.8 Å². The van der Waals surface area contributed by atoms with Crippen LogP contribution < -0.4 is 10.4 Å². The van der Waals surface area contributed by atoms with Gasteiger partial charge in [-0.05, 0) is 29.8 Å². The summed E-state index contributed by atoms with van der Waals surface area (Å²) in [4.78, 5) is 18.6. The first kappa shape index (κ1) is 20.9. The van der Waals surface area contributed by atoms with Gasteiger partial charge in [-0.1, -0.05) is 30.2 Å². The molecule has 1 fully saturated rings. The summed E-state index contributed by atoms with van der Waals surface area (Å²) in [7, 11) is 0. The monoisotopic (exact) mass is 418 g/mol. The number of carbonyl (C=O) groups is 1. The number of hydrogen-bond acceptors (Lipinski definition) is 5. The molecule has 4 rings (SSSR count). The van der Waals surface area contributed by atoms with E-state index >= 15 is 0 Å². The summed E-state index contributed by atoms with van der Waals surface area (Å²) in [5.74, 6) is -0.451. The number of aryl methyl sites for hydroxylation is 1. The van der Waals surface area contributed by atoms with Gasteiger partial charge in [0.15, 0.2) is 5.78 Å². The van der Waals surface area contributed by atoms with Crippen molar-refractivity contribution in [1.82, 2.24) is 4.98 Å². The van der Waals surface area contributed by atoms with Gasteiger partial charge in [0.25, 0.3) is 0 Å². The van der Waals surface area contributed by atoms with E-state index in [2.05, 4.69) is 4.98 Å². The molecule has 0 radical (unpaired) electrons. The molecule has 0 atom stereocenters. The molecule has 1 saturated heterocycles. The topological polar surface area (TPSA) is 62.7 Å². The number of fused-ring (bicyclic) bond motifs is 1. The Labute approximate surface area is 173 Å². The van der Waals surface area contributed by atoms with Gasteiger partial charge >= 0.3 is 13.1 Å². The first-order chi connectivity index (χ1) is 14.3. The minimum absolute atomic E-state index is 0.179. The molecule has 0 saturated carbocycles. The van der Waals surface area contributed by atoms with Crippen molar-refractivity contribution in [3.8, 4) is 0 Å². The highest BCUT2D eigenvalue weighted by atomic mass is 19.4. The minimum atomic E-state index is -4.67. The highest BCUT2D eigenvalue weighted by Gasteiger charge is 2.36. The number of alkyl halides is 3. The van der Waals surface area contributed by atoms with Gasteiger partial charge in [0, 0.05) is 31.3 Å². The fourth-order valence-electron chi connectivity index (χ4n) is 4.08. The molecule has 30 heavy (non-hydrogen) atoms. The van der Waals surface area contributed by atoms with Crippen molar-refractivity contribution >= 4 is 24.0 Å². The summed E-state index contributed by atoms with van der Waals surface area (Å²) in [6.07, 6.45) is -1.42. The zero-order chi connectivity index (χ0) is 21.3. The van der Waals surface area contributed by atoms with Crippen LogP contribution in [0.3, 0.4) is 0 Å². The average Bonchev–Trinajstić information content (AvgIpc) is 2.74. The lowest BCUT2D eigenvalue weighted by Gasteiger charge is -2.28. The summed E-state index contributed by atoms with van der Waals surface area (Å²) >= 11 is 0. The van der Waals surface area contributed by atoms with Crippen LogP contribution in [0.15, 0.2) is 30.5 Å². The second-order valence-corrected chi connectivity index (χ2v) is 7.73. The number of morpholine rings is 1. The van der Waals surface area contributed by atoms with Crippen LogP contribution in [-0.4, -0.2) is 49.0 Å². The Balaban J connectivity index is 1.61. The predicted octanol–water partition coefficient (Wildman–Crippen LogP) is 2.50. The molecule has 3 heterocycles. The number of halogens is 3. The van der Waals surface area contributed by atoms with E-state index in [0.717, 1.165) is 36.1 Å². The Bertz CT molecular complexity index is 946. The van der Waals surface area contributed by atoms with Gasteiger partial charge in [-0.2, -0.15) is 13.2 Å². The summed E-state index contributed by atoms with van der Waals surface area (Å²) in [6, 6.07) is 6.29. The van der Waals surface area contributed by atoms with Crippen molar-refractivity contribution in [1.29, 1.82) is 0 Å². The van der Waals surface area contributed by atoms with Gasteiger partial charge in [-0.15, -0.1) is 0 Å². The number of pyridine rings is 1. The molecule has 0 aliphatic carbocycles. The number of ether oxygens (including phenoxy) is 1. The number of anilines is 1. The van der Waals surface area contributed by atoms with E-state index in [1.165, 1.54) is 0 Å². The highest BCUT2D eigenvalue weighted by molar-refractivity contribution is 6.67. The summed E-state index contributed by atoms with van der Waals surface area (Å²) in [5.41, 5.74) is 0.977. The fourth-order valence-corrected chi connectivity index (χ4v) is 4.08. The quantitative estimate of drug-likeness (QED) is 0.611. The van der Waals surface area contributed by atoms with Crippen LogP contribution >= 0.6 is 0 Å². The Kier molecular flexibility index (Phi) is 5.84. The van der Waals surface area contributed by atoms with E-state index in [1.54, 1.807) is 17.0 Å². The van der Waals surface area contributed by atoms with Crippen LogP contribution in [0.1, 0.15) is 33.5 Å². The number of aromatic nitrogens is 1. The molecular weight excluding hydrogens is 396 g/mol. The molecule has 1 aromatic carbocycles. The van der Waals surface area contributed by atoms with Crippen molar-refractivity contribution in [2.75, 3.05) is 31.2 Å². The van der Waals surface area contributed by atoms with Crippen LogP contribution in [0, 0.1) is 0 Å². The smallest absolute Gasteiger partial charge is 0.417 e. The molecule has 5 nitrogen and oxygen atoms in total. The van der Waals surface area contributed by atoms with Gasteiger partial charge < -0.3 is 14.7 Å². The van der Waals surface area contributed by atoms with Crippen LogP contribution in [0.5, 0.6) is 0 Å². The van der Waals surface area contributed by atoms with Crippen LogP contribution in [0.4, 0.5) is 19.0 Å². The highest BCUT2D eigenvalue weighted by Crippen LogP contribution is 2.34. The SMILES string of the molecule is O=C(Cc1ccc2c(c1)B(O)CCC2)c1cnc(N2CCOCC2)cc1C(F)(F)F. The normalized spacial score (nSPS) is 17.1. The van der Waals surface area contributed by atoms with Crippen molar-refractivity contribution in [2.24, 2.45) is 0 Å².